The van der Waals surface area contributed by atoms with Crippen LogP contribution in [0.2, 0.25) is 0 Å². The van der Waals surface area contributed by atoms with E-state index in [0.29, 0.717) is 23.8 Å². The minimum absolute atomic E-state index is 0.132. The lowest BCUT2D eigenvalue weighted by atomic mass is 10.1. The molecule has 0 fully saturated rings. The smallest absolute Gasteiger partial charge is 0.230 e. The normalized spacial score (nSPS) is 10.8. The Morgan fingerprint density at radius 3 is 2.63 bits per heavy atom. The second-order valence-electron chi connectivity index (χ2n) is 6.25. The Bertz CT molecular complexity index is 927. The summed E-state index contributed by atoms with van der Waals surface area (Å²) >= 11 is 1.34. The van der Waals surface area contributed by atoms with Crippen molar-refractivity contribution in [3.05, 3.63) is 76.9 Å². The first kappa shape index (κ1) is 19.1. The standard InChI is InChI=1S/C20H21FN4OS/c1-14-8-9-17(10-18(14)21)11-22-19(26)13-27-20-24-23-15(2)25(20)12-16-6-4-3-5-7-16/h3-10H,11-13H2,1-2H3,(H,22,26). The molecule has 1 N–H and O–H groups in total. The number of rotatable bonds is 7. The largest absolute Gasteiger partial charge is 0.351 e. The van der Waals surface area contributed by atoms with E-state index in [4.69, 9.17) is 0 Å². The fourth-order valence-electron chi connectivity index (χ4n) is 2.54. The molecule has 3 aromatic rings. The Morgan fingerprint density at radius 1 is 1.11 bits per heavy atom. The second kappa shape index (κ2) is 8.81. The van der Waals surface area contributed by atoms with Crippen LogP contribution in [-0.4, -0.2) is 26.4 Å². The van der Waals surface area contributed by atoms with Gasteiger partial charge < -0.3 is 9.88 Å². The van der Waals surface area contributed by atoms with Gasteiger partial charge in [-0.3, -0.25) is 4.79 Å². The molecule has 140 valence electrons. The van der Waals surface area contributed by atoms with Gasteiger partial charge in [0.15, 0.2) is 5.16 Å². The van der Waals surface area contributed by atoms with Crippen molar-refractivity contribution in [3.63, 3.8) is 0 Å². The number of benzene rings is 2. The first-order chi connectivity index (χ1) is 13.0. The average molecular weight is 384 g/mol. The van der Waals surface area contributed by atoms with Crippen LogP contribution in [0.3, 0.4) is 0 Å². The number of amides is 1. The average Bonchev–Trinajstić information content (AvgIpc) is 3.01. The fourth-order valence-corrected chi connectivity index (χ4v) is 3.36. The molecule has 0 atom stereocenters. The van der Waals surface area contributed by atoms with Crippen LogP contribution in [0.25, 0.3) is 0 Å². The van der Waals surface area contributed by atoms with E-state index < -0.39 is 0 Å². The second-order valence-corrected chi connectivity index (χ2v) is 7.19. The minimum atomic E-state index is -0.263. The summed E-state index contributed by atoms with van der Waals surface area (Å²) in [6, 6.07) is 15.0. The van der Waals surface area contributed by atoms with Gasteiger partial charge in [-0.1, -0.05) is 54.2 Å². The molecule has 0 aliphatic carbocycles. The highest BCUT2D eigenvalue weighted by Gasteiger charge is 2.12. The van der Waals surface area contributed by atoms with E-state index >= 15 is 0 Å². The number of hydrogen-bond acceptors (Lipinski definition) is 4. The summed E-state index contributed by atoms with van der Waals surface area (Å²) in [4.78, 5) is 12.1. The number of hydrogen-bond donors (Lipinski definition) is 1. The highest BCUT2D eigenvalue weighted by Crippen LogP contribution is 2.18. The molecular weight excluding hydrogens is 363 g/mol. The Kier molecular flexibility index (Phi) is 6.24. The van der Waals surface area contributed by atoms with Crippen molar-refractivity contribution in [2.24, 2.45) is 0 Å². The van der Waals surface area contributed by atoms with E-state index in [9.17, 15) is 9.18 Å². The van der Waals surface area contributed by atoms with Crippen LogP contribution in [0, 0.1) is 19.7 Å². The summed E-state index contributed by atoms with van der Waals surface area (Å²) in [5.41, 5.74) is 2.47. The van der Waals surface area contributed by atoms with Crippen LogP contribution in [0.5, 0.6) is 0 Å². The van der Waals surface area contributed by atoms with Gasteiger partial charge in [-0.25, -0.2) is 4.39 Å². The van der Waals surface area contributed by atoms with Gasteiger partial charge in [-0.15, -0.1) is 10.2 Å². The number of nitrogens with one attached hydrogen (secondary N) is 1. The molecule has 0 unspecified atom stereocenters. The first-order valence-corrected chi connectivity index (χ1v) is 9.60. The highest BCUT2D eigenvalue weighted by molar-refractivity contribution is 7.99. The maximum Gasteiger partial charge on any atom is 0.230 e. The Labute approximate surface area is 162 Å². The Morgan fingerprint density at radius 2 is 1.89 bits per heavy atom. The van der Waals surface area contributed by atoms with Crippen LogP contribution in [0.15, 0.2) is 53.7 Å². The molecule has 0 aliphatic rings. The zero-order chi connectivity index (χ0) is 19.2. The van der Waals surface area contributed by atoms with Gasteiger partial charge in [-0.2, -0.15) is 0 Å². The fraction of sp³-hybridized carbons (Fsp3) is 0.250. The number of nitrogens with zero attached hydrogens (tertiary/aromatic N) is 3. The molecule has 0 radical (unpaired) electrons. The maximum atomic E-state index is 13.6. The molecule has 0 saturated carbocycles. The predicted molar refractivity (Wildman–Crippen MR) is 104 cm³/mol. The molecule has 0 saturated heterocycles. The summed E-state index contributed by atoms with van der Waals surface area (Å²) in [5.74, 6) is 0.631. The van der Waals surface area contributed by atoms with Gasteiger partial charge >= 0.3 is 0 Å². The number of carbonyl (C=O) groups excluding carboxylic acids is 1. The van der Waals surface area contributed by atoms with Crippen LogP contribution in [-0.2, 0) is 17.9 Å². The SMILES string of the molecule is Cc1ccc(CNC(=O)CSc2nnc(C)n2Cc2ccccc2)cc1F. The van der Waals surface area contributed by atoms with Crippen LogP contribution in [0.4, 0.5) is 4.39 Å². The van der Waals surface area contributed by atoms with Crippen molar-refractivity contribution in [2.75, 3.05) is 5.75 Å². The number of aromatic nitrogens is 3. The van der Waals surface area contributed by atoms with Crippen molar-refractivity contribution in [1.82, 2.24) is 20.1 Å². The Hall–Kier alpha value is -2.67. The van der Waals surface area contributed by atoms with Crippen molar-refractivity contribution < 1.29 is 9.18 Å². The molecule has 0 spiro atoms. The van der Waals surface area contributed by atoms with E-state index in [0.717, 1.165) is 17.0 Å². The minimum Gasteiger partial charge on any atom is -0.351 e. The number of thioether (sulfide) groups is 1. The molecule has 7 heteroatoms. The highest BCUT2D eigenvalue weighted by atomic mass is 32.2. The zero-order valence-electron chi connectivity index (χ0n) is 15.3. The van der Waals surface area contributed by atoms with Crippen molar-refractivity contribution in [1.29, 1.82) is 0 Å². The Balaban J connectivity index is 1.55. The van der Waals surface area contributed by atoms with Crippen LogP contribution >= 0.6 is 11.8 Å². The monoisotopic (exact) mass is 384 g/mol. The molecule has 1 heterocycles. The number of carbonyl (C=O) groups is 1. The molecule has 1 amide bonds. The van der Waals surface area contributed by atoms with E-state index in [1.54, 1.807) is 13.0 Å². The van der Waals surface area contributed by atoms with Gasteiger partial charge in [0.05, 0.1) is 12.3 Å². The summed E-state index contributed by atoms with van der Waals surface area (Å²) in [6.45, 7) is 4.56. The quantitative estimate of drug-likeness (QED) is 0.634. The van der Waals surface area contributed by atoms with E-state index in [1.165, 1.54) is 17.8 Å². The number of aryl methyl sites for hydroxylation is 2. The third-order valence-corrected chi connectivity index (χ3v) is 5.11. The molecule has 3 rings (SSSR count). The third-order valence-electron chi connectivity index (χ3n) is 4.14. The zero-order valence-corrected chi connectivity index (χ0v) is 16.1. The van der Waals surface area contributed by atoms with E-state index in [2.05, 4.69) is 15.5 Å². The van der Waals surface area contributed by atoms with Gasteiger partial charge in [0.2, 0.25) is 5.91 Å². The molecule has 2 aromatic carbocycles. The summed E-state index contributed by atoms with van der Waals surface area (Å²) in [7, 11) is 0. The van der Waals surface area contributed by atoms with Gasteiger partial charge in [0.1, 0.15) is 11.6 Å². The van der Waals surface area contributed by atoms with E-state index in [1.807, 2.05) is 47.9 Å². The molecule has 27 heavy (non-hydrogen) atoms. The summed E-state index contributed by atoms with van der Waals surface area (Å²) in [5, 5.41) is 11.8. The van der Waals surface area contributed by atoms with Gasteiger partial charge in [0, 0.05) is 6.54 Å². The lowest BCUT2D eigenvalue weighted by Crippen LogP contribution is -2.24. The summed E-state index contributed by atoms with van der Waals surface area (Å²) < 4.78 is 15.6. The lowest BCUT2D eigenvalue weighted by Gasteiger charge is -2.09. The van der Waals surface area contributed by atoms with Gasteiger partial charge in [0.25, 0.3) is 0 Å². The van der Waals surface area contributed by atoms with Gasteiger partial charge in [-0.05, 0) is 36.6 Å². The van der Waals surface area contributed by atoms with Crippen molar-refractivity contribution >= 4 is 17.7 Å². The molecular formula is C20H21FN4OS. The third kappa shape index (κ3) is 5.17. The predicted octanol–water partition coefficient (Wildman–Crippen LogP) is 3.49. The lowest BCUT2D eigenvalue weighted by molar-refractivity contribution is -0.118. The molecule has 1 aromatic heterocycles. The number of halogens is 1. The topological polar surface area (TPSA) is 59.8 Å². The molecule has 5 nitrogen and oxygen atoms in total. The van der Waals surface area contributed by atoms with Crippen molar-refractivity contribution in [2.45, 2.75) is 32.1 Å². The van der Waals surface area contributed by atoms with Crippen molar-refractivity contribution in [3.8, 4) is 0 Å². The summed E-state index contributed by atoms with van der Waals surface area (Å²) in [6.07, 6.45) is 0. The molecule has 0 aliphatic heterocycles. The first-order valence-electron chi connectivity index (χ1n) is 8.61. The molecule has 0 bridgehead atoms. The van der Waals surface area contributed by atoms with Crippen LogP contribution < -0.4 is 5.32 Å². The van der Waals surface area contributed by atoms with Crippen LogP contribution in [0.1, 0.15) is 22.5 Å². The van der Waals surface area contributed by atoms with E-state index in [-0.39, 0.29) is 17.5 Å². The maximum absolute atomic E-state index is 13.6.